The number of sulfonamides is 1. The van der Waals surface area contributed by atoms with Crippen molar-refractivity contribution in [3.63, 3.8) is 0 Å². The highest BCUT2D eigenvalue weighted by atomic mass is 79.9. The summed E-state index contributed by atoms with van der Waals surface area (Å²) in [4.78, 5) is 0. The van der Waals surface area contributed by atoms with Gasteiger partial charge in [0.15, 0.2) is 0 Å². The smallest absolute Gasteiger partial charge is 0.206 e. The van der Waals surface area contributed by atoms with Crippen molar-refractivity contribution in [1.29, 1.82) is 0 Å². The zero-order valence-corrected chi connectivity index (χ0v) is 13.1. The summed E-state index contributed by atoms with van der Waals surface area (Å²) in [7, 11) is -3.44. The van der Waals surface area contributed by atoms with Crippen LogP contribution >= 0.6 is 38.9 Å². The SMILES string of the molecule is O=S(=O)(NC1(CCl)CCCC1)c1ccc(Br)s1. The summed E-state index contributed by atoms with van der Waals surface area (Å²) in [6, 6.07) is 3.34. The lowest BCUT2D eigenvalue weighted by Crippen LogP contribution is -2.47. The van der Waals surface area contributed by atoms with Gasteiger partial charge in [-0.3, -0.25) is 0 Å². The van der Waals surface area contributed by atoms with Crippen LogP contribution in [0.15, 0.2) is 20.1 Å². The van der Waals surface area contributed by atoms with E-state index in [0.29, 0.717) is 10.1 Å². The van der Waals surface area contributed by atoms with Crippen LogP contribution < -0.4 is 4.72 Å². The molecule has 0 aromatic carbocycles. The maximum absolute atomic E-state index is 12.2. The fourth-order valence-corrected chi connectivity index (χ4v) is 5.97. The van der Waals surface area contributed by atoms with E-state index in [1.54, 1.807) is 12.1 Å². The molecule has 96 valence electrons. The van der Waals surface area contributed by atoms with Crippen LogP contribution in [0.5, 0.6) is 0 Å². The highest BCUT2D eigenvalue weighted by Gasteiger charge is 2.37. The molecule has 0 bridgehead atoms. The van der Waals surface area contributed by atoms with Crippen LogP contribution in [0, 0.1) is 0 Å². The van der Waals surface area contributed by atoms with Gasteiger partial charge in [-0.05, 0) is 40.9 Å². The van der Waals surface area contributed by atoms with Crippen LogP contribution in [0.4, 0.5) is 0 Å². The molecule has 3 nitrogen and oxygen atoms in total. The zero-order chi connectivity index (χ0) is 12.5. The summed E-state index contributed by atoms with van der Waals surface area (Å²) in [5, 5.41) is 0. The first-order valence-corrected chi connectivity index (χ1v) is 8.95. The molecule has 0 atom stereocenters. The molecule has 0 unspecified atom stereocenters. The Morgan fingerprint density at radius 1 is 1.41 bits per heavy atom. The second-order valence-electron chi connectivity index (χ2n) is 4.29. The van der Waals surface area contributed by atoms with Crippen molar-refractivity contribution in [3.8, 4) is 0 Å². The second-order valence-corrected chi connectivity index (χ2v) is 8.92. The summed E-state index contributed by atoms with van der Waals surface area (Å²) in [6.07, 6.45) is 3.71. The first kappa shape index (κ1) is 13.8. The first-order valence-electron chi connectivity index (χ1n) is 5.33. The average molecular weight is 359 g/mol. The fraction of sp³-hybridized carbons (Fsp3) is 0.600. The summed E-state index contributed by atoms with van der Waals surface area (Å²) < 4.78 is 28.3. The van der Waals surface area contributed by atoms with E-state index in [0.717, 1.165) is 29.5 Å². The Bertz CT molecular complexity index is 494. The van der Waals surface area contributed by atoms with Gasteiger partial charge in [-0.1, -0.05) is 12.8 Å². The molecular weight excluding hydrogens is 346 g/mol. The van der Waals surface area contributed by atoms with E-state index >= 15 is 0 Å². The lowest BCUT2D eigenvalue weighted by molar-refractivity contribution is 0.433. The van der Waals surface area contributed by atoms with Crippen LogP contribution in [0.3, 0.4) is 0 Å². The molecule has 2 rings (SSSR count). The molecule has 17 heavy (non-hydrogen) atoms. The molecule has 0 saturated heterocycles. The van der Waals surface area contributed by atoms with E-state index < -0.39 is 15.6 Å². The minimum absolute atomic E-state index is 0.332. The number of halogens is 2. The maximum atomic E-state index is 12.2. The third-order valence-electron chi connectivity index (χ3n) is 2.98. The molecular formula is C10H13BrClNO2S2. The first-order chi connectivity index (χ1) is 7.97. The van der Waals surface area contributed by atoms with Gasteiger partial charge in [0, 0.05) is 11.4 Å². The van der Waals surface area contributed by atoms with Gasteiger partial charge in [-0.25, -0.2) is 13.1 Å². The largest absolute Gasteiger partial charge is 0.250 e. The average Bonchev–Trinajstić information content (AvgIpc) is 2.87. The Labute approximate surface area is 119 Å². The van der Waals surface area contributed by atoms with E-state index in [1.165, 1.54) is 11.3 Å². The third-order valence-corrected chi connectivity index (χ3v) is 7.19. The van der Waals surface area contributed by atoms with Gasteiger partial charge in [0.2, 0.25) is 0 Å². The minimum atomic E-state index is -3.44. The van der Waals surface area contributed by atoms with E-state index in [1.807, 2.05) is 0 Å². The predicted molar refractivity (Wildman–Crippen MR) is 74.3 cm³/mol. The van der Waals surface area contributed by atoms with Crippen molar-refractivity contribution in [1.82, 2.24) is 4.72 Å². The normalized spacial score (nSPS) is 19.6. The lowest BCUT2D eigenvalue weighted by atomic mass is 10.0. The Morgan fingerprint density at radius 2 is 2.06 bits per heavy atom. The number of rotatable bonds is 4. The number of alkyl halides is 1. The van der Waals surface area contributed by atoms with Crippen LogP contribution in [0.1, 0.15) is 25.7 Å². The van der Waals surface area contributed by atoms with E-state index in [2.05, 4.69) is 20.7 Å². The summed E-state index contributed by atoms with van der Waals surface area (Å²) in [5.74, 6) is 0.332. The number of hydrogen-bond acceptors (Lipinski definition) is 3. The molecule has 1 N–H and O–H groups in total. The molecule has 1 heterocycles. The summed E-state index contributed by atoms with van der Waals surface area (Å²) in [6.45, 7) is 0. The van der Waals surface area contributed by atoms with Crippen LogP contribution in [0.2, 0.25) is 0 Å². The molecule has 1 aliphatic carbocycles. The van der Waals surface area contributed by atoms with Crippen LogP contribution in [-0.4, -0.2) is 19.8 Å². The van der Waals surface area contributed by atoms with Crippen molar-refractivity contribution < 1.29 is 8.42 Å². The zero-order valence-electron chi connectivity index (χ0n) is 9.08. The molecule has 0 spiro atoms. The fourth-order valence-electron chi connectivity index (χ4n) is 2.09. The molecule has 1 aromatic rings. The molecule has 7 heteroatoms. The van der Waals surface area contributed by atoms with Gasteiger partial charge in [0.05, 0.1) is 3.79 Å². The standard InChI is InChI=1S/C10H13BrClNO2S2/c11-8-3-4-9(16-8)17(14,15)13-10(7-12)5-1-2-6-10/h3-4,13H,1-2,5-7H2. The molecule has 0 aliphatic heterocycles. The van der Waals surface area contributed by atoms with E-state index in [4.69, 9.17) is 11.6 Å². The van der Waals surface area contributed by atoms with Gasteiger partial charge < -0.3 is 0 Å². The predicted octanol–water partition coefficient (Wildman–Crippen LogP) is 3.34. The number of nitrogens with one attached hydrogen (secondary N) is 1. The maximum Gasteiger partial charge on any atom is 0.250 e. The van der Waals surface area contributed by atoms with Gasteiger partial charge in [0.1, 0.15) is 4.21 Å². The molecule has 1 aliphatic rings. The molecule has 0 radical (unpaired) electrons. The van der Waals surface area contributed by atoms with Crippen LogP contribution in [0.25, 0.3) is 0 Å². The minimum Gasteiger partial charge on any atom is -0.206 e. The summed E-state index contributed by atoms with van der Waals surface area (Å²) >= 11 is 10.4. The Hall–Kier alpha value is 0.380. The highest BCUT2D eigenvalue weighted by Crippen LogP contribution is 2.34. The second kappa shape index (κ2) is 5.17. The number of hydrogen-bond donors (Lipinski definition) is 1. The Balaban J connectivity index is 2.22. The topological polar surface area (TPSA) is 46.2 Å². The van der Waals surface area contributed by atoms with Crippen molar-refractivity contribution in [3.05, 3.63) is 15.9 Å². The van der Waals surface area contributed by atoms with Crippen molar-refractivity contribution in [2.45, 2.75) is 35.4 Å². The van der Waals surface area contributed by atoms with Crippen molar-refractivity contribution in [2.75, 3.05) is 5.88 Å². The van der Waals surface area contributed by atoms with Gasteiger partial charge in [0.25, 0.3) is 10.0 Å². The quantitative estimate of drug-likeness (QED) is 0.839. The lowest BCUT2D eigenvalue weighted by Gasteiger charge is -2.26. The van der Waals surface area contributed by atoms with Crippen LogP contribution in [-0.2, 0) is 10.0 Å². The molecule has 1 fully saturated rings. The molecule has 1 saturated carbocycles. The van der Waals surface area contributed by atoms with Gasteiger partial charge in [-0.15, -0.1) is 22.9 Å². The van der Waals surface area contributed by atoms with Gasteiger partial charge >= 0.3 is 0 Å². The van der Waals surface area contributed by atoms with Gasteiger partial charge in [-0.2, -0.15) is 0 Å². The third kappa shape index (κ3) is 3.04. The Morgan fingerprint density at radius 3 is 2.53 bits per heavy atom. The highest BCUT2D eigenvalue weighted by molar-refractivity contribution is 9.11. The monoisotopic (exact) mass is 357 g/mol. The molecule has 1 aromatic heterocycles. The van der Waals surface area contributed by atoms with E-state index in [9.17, 15) is 8.42 Å². The summed E-state index contributed by atoms with van der Waals surface area (Å²) in [5.41, 5.74) is -0.448. The Kier molecular flexibility index (Phi) is 4.20. The van der Waals surface area contributed by atoms with Crippen molar-refractivity contribution in [2.24, 2.45) is 0 Å². The molecule has 0 amide bonds. The van der Waals surface area contributed by atoms with E-state index in [-0.39, 0.29) is 0 Å². The van der Waals surface area contributed by atoms with Crippen molar-refractivity contribution >= 4 is 48.9 Å². The number of thiophene rings is 1.